The van der Waals surface area contributed by atoms with Crippen molar-refractivity contribution in [1.82, 2.24) is 0 Å². The Kier molecular flexibility index (Phi) is 7.11. The molecule has 0 rings (SSSR count). The maximum Gasteiger partial charge on any atom is 0.145 e. The van der Waals surface area contributed by atoms with Crippen LogP contribution >= 0.6 is 0 Å². The lowest BCUT2D eigenvalue weighted by Gasteiger charge is -1.95. The van der Waals surface area contributed by atoms with Gasteiger partial charge in [0.1, 0.15) is 6.29 Å². The van der Waals surface area contributed by atoms with E-state index in [1.54, 1.807) is 0 Å². The van der Waals surface area contributed by atoms with Gasteiger partial charge in [-0.2, -0.15) is 0 Å². The van der Waals surface area contributed by atoms with Crippen LogP contribution in [0.3, 0.4) is 0 Å². The molecule has 11 heavy (non-hydrogen) atoms. The van der Waals surface area contributed by atoms with Gasteiger partial charge in [0, 0.05) is 0 Å². The molecule has 0 spiro atoms. The zero-order valence-electron chi connectivity index (χ0n) is 7.60. The number of hydrogen-bond donors (Lipinski definition) is 0. The van der Waals surface area contributed by atoms with Gasteiger partial charge in [-0.05, 0) is 18.4 Å². The van der Waals surface area contributed by atoms with Crippen molar-refractivity contribution in [2.45, 2.75) is 46.0 Å². The first-order valence-corrected chi connectivity index (χ1v) is 4.49. The summed E-state index contributed by atoms with van der Waals surface area (Å²) in [6.07, 6.45) is 8.52. The minimum atomic E-state index is 0.938. The van der Waals surface area contributed by atoms with Crippen molar-refractivity contribution in [3.05, 3.63) is 11.6 Å². The van der Waals surface area contributed by atoms with Crippen LogP contribution < -0.4 is 0 Å². The molecule has 0 aromatic carbocycles. The van der Waals surface area contributed by atoms with Crippen LogP contribution in [0.15, 0.2) is 11.6 Å². The van der Waals surface area contributed by atoms with E-state index in [0.717, 1.165) is 31.1 Å². The van der Waals surface area contributed by atoms with Crippen LogP contribution in [-0.4, -0.2) is 6.29 Å². The van der Waals surface area contributed by atoms with E-state index in [2.05, 4.69) is 19.9 Å². The Labute approximate surface area is 69.5 Å². The Hall–Kier alpha value is -0.590. The van der Waals surface area contributed by atoms with Crippen molar-refractivity contribution in [3.8, 4) is 0 Å². The predicted molar refractivity (Wildman–Crippen MR) is 48.6 cm³/mol. The fourth-order valence-corrected chi connectivity index (χ4v) is 0.989. The van der Waals surface area contributed by atoms with E-state index in [-0.39, 0.29) is 0 Å². The molecular formula is C10H18O. The molecule has 0 saturated carbocycles. The molecule has 64 valence electrons. The molecule has 0 fully saturated rings. The second kappa shape index (κ2) is 7.52. The number of carbonyl (C=O) groups excluding carboxylic acids is 1. The van der Waals surface area contributed by atoms with Crippen LogP contribution in [0.4, 0.5) is 0 Å². The highest BCUT2D eigenvalue weighted by atomic mass is 16.1. The first kappa shape index (κ1) is 10.4. The molecule has 0 amide bonds. The highest BCUT2D eigenvalue weighted by Crippen LogP contribution is 2.04. The first-order chi connectivity index (χ1) is 5.35. The fourth-order valence-electron chi connectivity index (χ4n) is 0.989. The largest absolute Gasteiger partial charge is 0.298 e. The summed E-state index contributed by atoms with van der Waals surface area (Å²) in [5.74, 6) is 0. The van der Waals surface area contributed by atoms with Gasteiger partial charge < -0.3 is 0 Å². The number of allylic oxidation sites excluding steroid dienone is 2. The molecular weight excluding hydrogens is 136 g/mol. The van der Waals surface area contributed by atoms with Crippen molar-refractivity contribution in [2.24, 2.45) is 0 Å². The molecule has 1 nitrogen and oxygen atoms in total. The third-order valence-electron chi connectivity index (χ3n) is 1.65. The number of rotatable bonds is 6. The Morgan fingerprint density at radius 2 is 2.00 bits per heavy atom. The highest BCUT2D eigenvalue weighted by molar-refractivity contribution is 5.72. The molecule has 1 heteroatoms. The minimum Gasteiger partial charge on any atom is -0.298 e. The van der Waals surface area contributed by atoms with Gasteiger partial charge in [-0.15, -0.1) is 0 Å². The second-order valence-electron chi connectivity index (χ2n) is 2.79. The summed E-state index contributed by atoms with van der Waals surface area (Å²) >= 11 is 0. The molecule has 0 aliphatic rings. The lowest BCUT2D eigenvalue weighted by atomic mass is 10.1. The summed E-state index contributed by atoms with van der Waals surface area (Å²) in [6.45, 7) is 4.26. The molecule has 0 unspecified atom stereocenters. The fraction of sp³-hybridized carbons (Fsp3) is 0.700. The number of unbranched alkanes of at least 4 members (excludes halogenated alkanes) is 2. The Bertz CT molecular complexity index is 125. The standard InChI is InChI=1S/C10H18O/c1-3-5-6-8-10(9-11)7-4-2/h8-9H,3-7H2,1-2H3/b10-8-. The van der Waals surface area contributed by atoms with Gasteiger partial charge >= 0.3 is 0 Å². The predicted octanol–water partition coefficient (Wildman–Crippen LogP) is 3.10. The van der Waals surface area contributed by atoms with Crippen LogP contribution in [0.1, 0.15) is 46.0 Å². The average Bonchev–Trinajstić information content (AvgIpc) is 2.03. The van der Waals surface area contributed by atoms with Crippen LogP contribution in [-0.2, 0) is 4.79 Å². The van der Waals surface area contributed by atoms with Gasteiger partial charge in [0.25, 0.3) is 0 Å². The quantitative estimate of drug-likeness (QED) is 0.326. The van der Waals surface area contributed by atoms with Crippen molar-refractivity contribution < 1.29 is 4.79 Å². The topological polar surface area (TPSA) is 17.1 Å². The van der Waals surface area contributed by atoms with Crippen molar-refractivity contribution in [3.63, 3.8) is 0 Å². The molecule has 0 aromatic rings. The van der Waals surface area contributed by atoms with Crippen LogP contribution in [0, 0.1) is 0 Å². The van der Waals surface area contributed by atoms with Gasteiger partial charge in [0.2, 0.25) is 0 Å². The van der Waals surface area contributed by atoms with Gasteiger partial charge in [-0.3, -0.25) is 4.79 Å². The van der Waals surface area contributed by atoms with Gasteiger partial charge in [-0.25, -0.2) is 0 Å². The molecule has 0 aliphatic heterocycles. The van der Waals surface area contributed by atoms with Gasteiger partial charge in [0.05, 0.1) is 0 Å². The van der Waals surface area contributed by atoms with Crippen molar-refractivity contribution >= 4 is 6.29 Å². The molecule has 0 heterocycles. The lowest BCUT2D eigenvalue weighted by molar-refractivity contribution is -0.105. The maximum atomic E-state index is 10.4. The summed E-state index contributed by atoms with van der Waals surface area (Å²) in [4.78, 5) is 10.4. The SMILES string of the molecule is CCCC/C=C(\C=O)CCC. The molecule has 0 N–H and O–H groups in total. The third kappa shape index (κ3) is 5.84. The van der Waals surface area contributed by atoms with Gasteiger partial charge in [0.15, 0.2) is 0 Å². The smallest absolute Gasteiger partial charge is 0.145 e. The van der Waals surface area contributed by atoms with E-state index in [1.165, 1.54) is 12.8 Å². The van der Waals surface area contributed by atoms with E-state index in [1.807, 2.05) is 0 Å². The molecule has 0 saturated heterocycles. The molecule has 0 aromatic heterocycles. The maximum absolute atomic E-state index is 10.4. The number of hydrogen-bond acceptors (Lipinski definition) is 1. The zero-order valence-corrected chi connectivity index (χ0v) is 7.60. The van der Waals surface area contributed by atoms with E-state index in [0.29, 0.717) is 0 Å². The minimum absolute atomic E-state index is 0.938. The van der Waals surface area contributed by atoms with Gasteiger partial charge in [-0.1, -0.05) is 39.2 Å². The molecule has 0 aliphatic carbocycles. The van der Waals surface area contributed by atoms with Crippen LogP contribution in [0.2, 0.25) is 0 Å². The zero-order chi connectivity index (χ0) is 8.53. The Morgan fingerprint density at radius 1 is 1.27 bits per heavy atom. The Balaban J connectivity index is 3.61. The second-order valence-corrected chi connectivity index (χ2v) is 2.79. The van der Waals surface area contributed by atoms with E-state index < -0.39 is 0 Å². The molecule has 0 bridgehead atoms. The Morgan fingerprint density at radius 3 is 2.45 bits per heavy atom. The number of carbonyl (C=O) groups is 1. The van der Waals surface area contributed by atoms with Crippen molar-refractivity contribution in [2.75, 3.05) is 0 Å². The summed E-state index contributed by atoms with van der Waals surface area (Å²) in [6, 6.07) is 0. The summed E-state index contributed by atoms with van der Waals surface area (Å²) in [5.41, 5.74) is 0.973. The monoisotopic (exact) mass is 154 g/mol. The van der Waals surface area contributed by atoms with Crippen LogP contribution in [0.25, 0.3) is 0 Å². The summed E-state index contributed by atoms with van der Waals surface area (Å²) < 4.78 is 0. The van der Waals surface area contributed by atoms with E-state index in [9.17, 15) is 4.79 Å². The number of aldehydes is 1. The molecule has 0 radical (unpaired) electrons. The molecule has 0 atom stereocenters. The van der Waals surface area contributed by atoms with Crippen molar-refractivity contribution in [1.29, 1.82) is 0 Å². The first-order valence-electron chi connectivity index (χ1n) is 4.49. The van der Waals surface area contributed by atoms with E-state index >= 15 is 0 Å². The highest BCUT2D eigenvalue weighted by Gasteiger charge is 1.91. The van der Waals surface area contributed by atoms with Crippen LogP contribution in [0.5, 0.6) is 0 Å². The summed E-state index contributed by atoms with van der Waals surface area (Å²) in [5, 5.41) is 0. The average molecular weight is 154 g/mol. The summed E-state index contributed by atoms with van der Waals surface area (Å²) in [7, 11) is 0. The normalized spacial score (nSPS) is 11.6. The lowest BCUT2D eigenvalue weighted by Crippen LogP contribution is -1.83. The van der Waals surface area contributed by atoms with E-state index in [4.69, 9.17) is 0 Å². The third-order valence-corrected chi connectivity index (χ3v) is 1.65.